The van der Waals surface area contributed by atoms with Crippen LogP contribution in [0.3, 0.4) is 0 Å². The van der Waals surface area contributed by atoms with E-state index >= 15 is 0 Å². The van der Waals surface area contributed by atoms with E-state index in [-0.39, 0.29) is 6.03 Å². The summed E-state index contributed by atoms with van der Waals surface area (Å²) in [4.78, 5) is 33.0. The maximum atomic E-state index is 12.9. The molecule has 0 aliphatic carbocycles. The molecular formula is C28H40N5O2P. The van der Waals surface area contributed by atoms with Crippen LogP contribution in [-0.2, 0) is 19.5 Å². The van der Waals surface area contributed by atoms with Crippen LogP contribution in [0.1, 0.15) is 29.5 Å². The molecule has 0 radical (unpaired) electrons. The van der Waals surface area contributed by atoms with Gasteiger partial charge in [0.2, 0.25) is 0 Å². The molecule has 5 rings (SSSR count). The van der Waals surface area contributed by atoms with E-state index in [0.717, 1.165) is 78.2 Å². The second kappa shape index (κ2) is 12.5. The van der Waals surface area contributed by atoms with Crippen LogP contribution in [0, 0.1) is 0 Å². The molecule has 2 saturated heterocycles. The van der Waals surface area contributed by atoms with Crippen LogP contribution in [0.15, 0.2) is 54.6 Å². The quantitative estimate of drug-likeness (QED) is 0.561. The number of rotatable bonds is 7. The number of benzene rings is 2. The molecule has 3 aliphatic rings. The van der Waals surface area contributed by atoms with Gasteiger partial charge in [-0.1, -0.05) is 54.6 Å². The van der Waals surface area contributed by atoms with Crippen molar-refractivity contribution >= 4 is 14.2 Å². The first kappa shape index (κ1) is 25.6. The van der Waals surface area contributed by atoms with Crippen LogP contribution in [0.5, 0.6) is 0 Å². The molecule has 0 aromatic heterocycles. The van der Waals surface area contributed by atoms with Gasteiger partial charge in [0.15, 0.2) is 0 Å². The number of nitrogens with zero attached hydrogens (tertiary/aromatic N) is 4. The Morgan fingerprint density at radius 3 is 2.47 bits per heavy atom. The summed E-state index contributed by atoms with van der Waals surface area (Å²) in [5.74, 6) is 0. The molecular weight excluding hydrogens is 469 g/mol. The topological polar surface area (TPSA) is 62.3 Å². The summed E-state index contributed by atoms with van der Waals surface area (Å²) in [6.07, 6.45) is 4.25. The fourth-order valence-electron chi connectivity index (χ4n) is 5.79. The molecule has 2 amide bonds. The lowest BCUT2D eigenvalue weighted by atomic mass is 10.0. The van der Waals surface area contributed by atoms with E-state index in [9.17, 15) is 9.69 Å². The van der Waals surface area contributed by atoms with Gasteiger partial charge < -0.3 is 15.1 Å². The smallest absolute Gasteiger partial charge is 0.317 e. The zero-order valence-electron chi connectivity index (χ0n) is 21.3. The van der Waals surface area contributed by atoms with Crippen LogP contribution in [0.4, 0.5) is 4.79 Å². The van der Waals surface area contributed by atoms with Gasteiger partial charge in [-0.05, 0) is 36.0 Å². The largest absolute Gasteiger partial charge is 0.371 e. The molecule has 8 heteroatoms. The van der Waals surface area contributed by atoms with E-state index in [1.54, 1.807) is 0 Å². The number of amides is 2. The minimum atomic E-state index is -1.24. The Morgan fingerprint density at radius 2 is 1.67 bits per heavy atom. The van der Waals surface area contributed by atoms with Crippen LogP contribution in [-0.4, -0.2) is 95.0 Å². The highest BCUT2D eigenvalue weighted by molar-refractivity contribution is 7.51. The minimum Gasteiger partial charge on any atom is -0.371 e. The molecule has 0 saturated carbocycles. The molecule has 0 bridgehead atoms. The van der Waals surface area contributed by atoms with Crippen molar-refractivity contribution in [2.75, 3.05) is 58.4 Å². The van der Waals surface area contributed by atoms with Crippen LogP contribution in [0.2, 0.25) is 0 Å². The van der Waals surface area contributed by atoms with E-state index in [2.05, 4.69) is 74.6 Å². The molecule has 2 atom stereocenters. The summed E-state index contributed by atoms with van der Waals surface area (Å²) in [6.45, 7) is 8.75. The summed E-state index contributed by atoms with van der Waals surface area (Å²) in [7, 11) is -1.24. The van der Waals surface area contributed by atoms with Gasteiger partial charge in [0.05, 0.1) is 14.4 Å². The third kappa shape index (κ3) is 6.84. The average molecular weight is 510 g/mol. The Kier molecular flexibility index (Phi) is 8.88. The summed E-state index contributed by atoms with van der Waals surface area (Å²) in [5, 5.41) is 3.03. The van der Waals surface area contributed by atoms with E-state index in [0.29, 0.717) is 18.6 Å². The number of hydrogen-bond donors (Lipinski definition) is 2. The molecule has 7 nitrogen and oxygen atoms in total. The molecule has 2 fully saturated rings. The lowest BCUT2D eigenvalue weighted by Gasteiger charge is -2.43. The first-order valence-electron chi connectivity index (χ1n) is 13.4. The highest BCUT2D eigenvalue weighted by Crippen LogP contribution is 2.31. The second-order valence-electron chi connectivity index (χ2n) is 10.4. The fourth-order valence-corrected chi connectivity index (χ4v) is 6.91. The first-order valence-corrected chi connectivity index (χ1v) is 15.1. The zero-order chi connectivity index (χ0) is 24.7. The summed E-state index contributed by atoms with van der Waals surface area (Å²) in [5.41, 5.74) is 4.15. The Morgan fingerprint density at radius 1 is 0.917 bits per heavy atom. The van der Waals surface area contributed by atoms with Crippen molar-refractivity contribution in [1.82, 2.24) is 24.9 Å². The molecule has 2 unspecified atom stereocenters. The lowest BCUT2D eigenvalue weighted by Crippen LogP contribution is -2.56. The highest BCUT2D eigenvalue weighted by atomic mass is 31.1. The zero-order valence-corrected chi connectivity index (χ0v) is 22.2. The summed E-state index contributed by atoms with van der Waals surface area (Å²) < 4.78 is 0. The molecule has 36 heavy (non-hydrogen) atoms. The number of piperidine rings is 1. The molecule has 2 N–H and O–H groups in total. The number of nitrogens with one attached hydrogen (secondary N) is 1. The van der Waals surface area contributed by atoms with Crippen LogP contribution in [0.25, 0.3) is 0 Å². The number of carbonyl (C=O) groups excluding carboxylic acids is 1. The van der Waals surface area contributed by atoms with Crippen molar-refractivity contribution in [2.45, 2.75) is 38.4 Å². The van der Waals surface area contributed by atoms with Crippen molar-refractivity contribution in [2.24, 2.45) is 0 Å². The third-order valence-electron chi connectivity index (χ3n) is 7.84. The molecule has 0 spiro atoms. The van der Waals surface area contributed by atoms with E-state index in [1.807, 2.05) is 4.90 Å². The minimum absolute atomic E-state index is 0.0204. The normalized spacial score (nSPS) is 22.7. The number of piperazine rings is 1. The van der Waals surface area contributed by atoms with Gasteiger partial charge >= 0.3 is 6.03 Å². The maximum absolute atomic E-state index is 12.9. The maximum Gasteiger partial charge on any atom is 0.317 e. The van der Waals surface area contributed by atoms with Crippen molar-refractivity contribution in [3.05, 3.63) is 71.3 Å². The Labute approximate surface area is 216 Å². The van der Waals surface area contributed by atoms with Crippen molar-refractivity contribution < 1.29 is 9.69 Å². The molecule has 3 aliphatic heterocycles. The number of likely N-dealkylation sites (tertiary alicyclic amines) is 1. The van der Waals surface area contributed by atoms with Gasteiger partial charge in [-0.3, -0.25) is 14.7 Å². The van der Waals surface area contributed by atoms with Gasteiger partial charge in [-0.2, -0.15) is 0 Å². The Balaban J connectivity index is 1.02. The van der Waals surface area contributed by atoms with Gasteiger partial charge in [-0.25, -0.2) is 4.79 Å². The standard InChI is InChI=1S/C28H40N5O2P/c34-28(29-22-36(35)23-31-14-12-25-9-4-5-10-26(25)20-31)33-13-6-11-27(21-33)32-17-15-30(16-18-32)19-24-7-2-1-3-8-24/h1-5,7-10,27,35H,6,11-23H2,(H,29,34). The van der Waals surface area contributed by atoms with E-state index in [1.165, 1.54) is 16.7 Å². The summed E-state index contributed by atoms with van der Waals surface area (Å²) in [6, 6.07) is 19.7. The van der Waals surface area contributed by atoms with E-state index < -0.39 is 8.15 Å². The van der Waals surface area contributed by atoms with Gasteiger partial charge in [0, 0.05) is 71.2 Å². The second-order valence-corrected chi connectivity index (χ2v) is 12.0. The monoisotopic (exact) mass is 509 g/mol. The summed E-state index contributed by atoms with van der Waals surface area (Å²) >= 11 is 0. The fraction of sp³-hybridized carbons (Fsp3) is 0.536. The Hall–Kier alpha value is -2.02. The molecule has 2 aromatic rings. The predicted octanol–water partition coefficient (Wildman–Crippen LogP) is 3.34. The highest BCUT2D eigenvalue weighted by Gasteiger charge is 2.30. The lowest BCUT2D eigenvalue weighted by molar-refractivity contribution is 0.0583. The van der Waals surface area contributed by atoms with Crippen molar-refractivity contribution in [3.8, 4) is 0 Å². The number of hydrogen-bond acceptors (Lipinski definition) is 5. The van der Waals surface area contributed by atoms with Crippen molar-refractivity contribution in [3.63, 3.8) is 0 Å². The van der Waals surface area contributed by atoms with Gasteiger partial charge in [0.25, 0.3) is 0 Å². The van der Waals surface area contributed by atoms with Crippen molar-refractivity contribution in [1.29, 1.82) is 0 Å². The molecule has 194 valence electrons. The number of urea groups is 1. The SMILES string of the molecule is O=C(NCP(O)CN1CCc2ccccc2C1)N1CCCC(N2CCN(Cc3ccccc3)CC2)C1. The molecule has 2 aromatic carbocycles. The van der Waals surface area contributed by atoms with Gasteiger partial charge in [-0.15, -0.1) is 0 Å². The van der Waals surface area contributed by atoms with Crippen LogP contribution >= 0.6 is 8.15 Å². The molecule has 3 heterocycles. The van der Waals surface area contributed by atoms with Gasteiger partial charge in [0.1, 0.15) is 0 Å². The Bertz CT molecular complexity index is 985. The number of carbonyl (C=O) groups is 1. The van der Waals surface area contributed by atoms with Crippen LogP contribution < -0.4 is 5.32 Å². The third-order valence-corrected chi connectivity index (χ3v) is 9.09. The number of fused-ring (bicyclic) bond motifs is 1. The average Bonchev–Trinajstić information content (AvgIpc) is 2.93. The first-order chi connectivity index (χ1) is 17.6. The van der Waals surface area contributed by atoms with E-state index in [4.69, 9.17) is 0 Å². The predicted molar refractivity (Wildman–Crippen MR) is 146 cm³/mol.